The molecular weight excluding hydrogens is 526 g/mol. The Balaban J connectivity index is 1.24. The quantitative estimate of drug-likeness (QED) is 0.276. The molecule has 0 bridgehead atoms. The summed E-state index contributed by atoms with van der Waals surface area (Å²) in [5.74, 6) is 0.772. The lowest BCUT2D eigenvalue weighted by Gasteiger charge is -2.31. The summed E-state index contributed by atoms with van der Waals surface area (Å²) in [7, 11) is 4.26. The predicted octanol–water partition coefficient (Wildman–Crippen LogP) is 6.24. The van der Waals surface area contributed by atoms with Gasteiger partial charge in [0.1, 0.15) is 12.4 Å². The van der Waals surface area contributed by atoms with Crippen LogP contribution in [0.25, 0.3) is 17.2 Å². The Labute approximate surface area is 250 Å². The van der Waals surface area contributed by atoms with Crippen molar-refractivity contribution in [3.63, 3.8) is 0 Å². The van der Waals surface area contributed by atoms with E-state index >= 15 is 0 Å². The molecule has 2 heterocycles. The Hall–Kier alpha value is -3.65. The van der Waals surface area contributed by atoms with E-state index in [2.05, 4.69) is 71.7 Å². The fourth-order valence-electron chi connectivity index (χ4n) is 5.60. The van der Waals surface area contributed by atoms with Crippen molar-refractivity contribution >= 4 is 23.4 Å². The second-order valence-corrected chi connectivity index (χ2v) is 11.1. The highest BCUT2D eigenvalue weighted by molar-refractivity contribution is 6.07. The van der Waals surface area contributed by atoms with Crippen molar-refractivity contribution in [3.8, 4) is 16.9 Å². The average Bonchev–Trinajstić information content (AvgIpc) is 3.19. The van der Waals surface area contributed by atoms with E-state index in [9.17, 15) is 4.79 Å². The second-order valence-electron chi connectivity index (χ2n) is 11.1. The van der Waals surface area contributed by atoms with Gasteiger partial charge in [-0.25, -0.2) is 0 Å². The number of carbonyl (C=O) groups excluding carboxylic acids is 1. The van der Waals surface area contributed by atoms with Crippen LogP contribution in [-0.2, 0) is 20.8 Å². The van der Waals surface area contributed by atoms with Crippen LogP contribution in [0, 0.1) is 0 Å². The van der Waals surface area contributed by atoms with Crippen molar-refractivity contribution in [2.45, 2.75) is 38.8 Å². The predicted molar refractivity (Wildman–Crippen MR) is 170 cm³/mol. The molecule has 1 fully saturated rings. The zero-order chi connectivity index (χ0) is 29.3. The number of hydrogen-bond acceptors (Lipinski definition) is 6. The maximum atomic E-state index is 13.4. The number of ether oxygens (including phenoxy) is 3. The Morgan fingerprint density at radius 2 is 1.74 bits per heavy atom. The lowest BCUT2D eigenvalue weighted by Crippen LogP contribution is -2.36. The number of hydrogen-bond donors (Lipinski definition) is 1. The maximum Gasteiger partial charge on any atom is 0.251 e. The molecule has 1 N–H and O–H groups in total. The van der Waals surface area contributed by atoms with Crippen LogP contribution in [0.15, 0.2) is 72.3 Å². The minimum atomic E-state index is -0.0534. The second kappa shape index (κ2) is 14.5. The first-order valence-electron chi connectivity index (χ1n) is 15.0. The highest BCUT2D eigenvalue weighted by Gasteiger charge is 2.20. The summed E-state index contributed by atoms with van der Waals surface area (Å²) in [4.78, 5) is 18.0. The highest BCUT2D eigenvalue weighted by Crippen LogP contribution is 2.32. The molecule has 3 aromatic rings. The van der Waals surface area contributed by atoms with Crippen molar-refractivity contribution in [3.05, 3.63) is 83.4 Å². The number of anilines is 2. The number of carbonyl (C=O) groups is 1. The van der Waals surface area contributed by atoms with Crippen LogP contribution in [0.2, 0.25) is 0 Å². The lowest BCUT2D eigenvalue weighted by molar-refractivity contribution is -0.112. The molecule has 0 aliphatic carbocycles. The third-order valence-electron chi connectivity index (χ3n) is 8.12. The van der Waals surface area contributed by atoms with Crippen LogP contribution in [0.3, 0.4) is 0 Å². The monoisotopic (exact) mass is 569 g/mol. The van der Waals surface area contributed by atoms with Crippen molar-refractivity contribution < 1.29 is 19.0 Å². The Morgan fingerprint density at radius 3 is 2.48 bits per heavy atom. The summed E-state index contributed by atoms with van der Waals surface area (Å²) >= 11 is 0. The molecule has 7 nitrogen and oxygen atoms in total. The molecule has 7 heteroatoms. The largest absolute Gasteiger partial charge is 0.491 e. The van der Waals surface area contributed by atoms with E-state index in [1.54, 1.807) is 0 Å². The number of benzene rings is 3. The van der Waals surface area contributed by atoms with Crippen molar-refractivity contribution in [1.82, 2.24) is 4.90 Å². The fourth-order valence-corrected chi connectivity index (χ4v) is 5.60. The number of nitrogens with one attached hydrogen (secondary N) is 1. The van der Waals surface area contributed by atoms with Gasteiger partial charge in [-0.05, 0) is 98.0 Å². The average molecular weight is 570 g/mol. The van der Waals surface area contributed by atoms with Gasteiger partial charge in [0.2, 0.25) is 0 Å². The number of nitrogens with zero attached hydrogens (tertiary/aromatic N) is 2. The summed E-state index contributed by atoms with van der Waals surface area (Å²) in [6, 6.07) is 23.4. The van der Waals surface area contributed by atoms with Gasteiger partial charge >= 0.3 is 0 Å². The molecule has 2 aliphatic rings. The summed E-state index contributed by atoms with van der Waals surface area (Å²) in [5, 5.41) is 3.13. The maximum absolute atomic E-state index is 13.4. The summed E-state index contributed by atoms with van der Waals surface area (Å²) in [6.07, 6.45) is 4.88. The van der Waals surface area contributed by atoms with Gasteiger partial charge in [0.25, 0.3) is 5.91 Å². The first-order chi connectivity index (χ1) is 20.5. The van der Waals surface area contributed by atoms with E-state index in [4.69, 9.17) is 14.2 Å². The van der Waals surface area contributed by atoms with Gasteiger partial charge in [0.05, 0.1) is 6.61 Å². The topological polar surface area (TPSA) is 63.3 Å². The molecule has 5 rings (SSSR count). The van der Waals surface area contributed by atoms with Gasteiger partial charge in [0, 0.05) is 62.9 Å². The zero-order valence-electron chi connectivity index (χ0n) is 25.1. The first kappa shape index (κ1) is 29.8. The van der Waals surface area contributed by atoms with Gasteiger partial charge in [-0.1, -0.05) is 30.3 Å². The van der Waals surface area contributed by atoms with E-state index in [-0.39, 0.29) is 5.91 Å². The van der Waals surface area contributed by atoms with Crippen molar-refractivity contribution in [1.29, 1.82) is 0 Å². The summed E-state index contributed by atoms with van der Waals surface area (Å²) in [5.41, 5.74) is 7.19. The molecule has 222 valence electrons. The number of rotatable bonds is 11. The van der Waals surface area contributed by atoms with Gasteiger partial charge in [-0.15, -0.1) is 0 Å². The normalized spacial score (nSPS) is 15.6. The molecule has 0 spiro atoms. The molecule has 0 radical (unpaired) electrons. The van der Waals surface area contributed by atoms with Crippen LogP contribution in [0.1, 0.15) is 37.3 Å². The van der Waals surface area contributed by atoms with Crippen LogP contribution in [0.5, 0.6) is 5.75 Å². The van der Waals surface area contributed by atoms with Gasteiger partial charge in [-0.2, -0.15) is 0 Å². The number of amides is 1. The van der Waals surface area contributed by atoms with Crippen molar-refractivity contribution in [2.75, 3.05) is 63.9 Å². The SMILES string of the molecule is CCOCCOc1ccc(-c2ccc3c(c2)C=C(C(=O)Nc2ccc(CN(C)C4CCOCC4)cc2)CCN3C)cc1. The molecule has 0 saturated carbocycles. The smallest absolute Gasteiger partial charge is 0.251 e. The molecule has 0 atom stereocenters. The van der Waals surface area contributed by atoms with Crippen LogP contribution < -0.4 is 15.0 Å². The highest BCUT2D eigenvalue weighted by atomic mass is 16.5. The zero-order valence-corrected chi connectivity index (χ0v) is 25.1. The summed E-state index contributed by atoms with van der Waals surface area (Å²) in [6.45, 7) is 7.13. The Kier molecular flexibility index (Phi) is 10.3. The molecule has 0 unspecified atom stereocenters. The third-order valence-corrected chi connectivity index (χ3v) is 8.12. The molecule has 0 aromatic heterocycles. The molecular formula is C35H43N3O4. The Bertz CT molecular complexity index is 1350. The first-order valence-corrected chi connectivity index (χ1v) is 15.0. The minimum Gasteiger partial charge on any atom is -0.491 e. The fraction of sp³-hybridized carbons (Fsp3) is 0.400. The van der Waals surface area contributed by atoms with E-state index in [0.717, 1.165) is 78.5 Å². The lowest BCUT2D eigenvalue weighted by atomic mass is 10.00. The minimum absolute atomic E-state index is 0.0534. The number of fused-ring (bicyclic) bond motifs is 1. The van der Waals surface area contributed by atoms with Crippen LogP contribution >= 0.6 is 0 Å². The van der Waals surface area contributed by atoms with Gasteiger partial charge < -0.3 is 24.4 Å². The van der Waals surface area contributed by atoms with E-state index in [0.29, 0.717) is 32.3 Å². The third kappa shape index (κ3) is 7.79. The van der Waals surface area contributed by atoms with Gasteiger partial charge in [-0.3, -0.25) is 9.69 Å². The molecule has 3 aromatic carbocycles. The van der Waals surface area contributed by atoms with E-state index in [1.807, 2.05) is 37.3 Å². The molecule has 2 aliphatic heterocycles. The molecule has 1 amide bonds. The van der Waals surface area contributed by atoms with Crippen LogP contribution in [-0.4, -0.2) is 70.5 Å². The van der Waals surface area contributed by atoms with E-state index in [1.165, 1.54) is 5.56 Å². The molecule has 42 heavy (non-hydrogen) atoms. The Morgan fingerprint density at radius 1 is 1.00 bits per heavy atom. The van der Waals surface area contributed by atoms with Crippen LogP contribution in [0.4, 0.5) is 11.4 Å². The molecule has 1 saturated heterocycles. The van der Waals surface area contributed by atoms with E-state index < -0.39 is 0 Å². The van der Waals surface area contributed by atoms with Gasteiger partial charge in [0.15, 0.2) is 0 Å². The standard InChI is InChI=1S/C35H43N3O4/c1-4-40-21-22-42-33-12-7-27(8-13-33)28-9-14-34-30(23-28)24-29(15-18-37(34)2)35(39)36-31-10-5-26(6-11-31)25-38(3)32-16-19-41-20-17-32/h5-14,23-24,32H,4,15-22,25H2,1-3H3,(H,36,39). The summed E-state index contributed by atoms with van der Waals surface area (Å²) < 4.78 is 16.6. The van der Waals surface area contributed by atoms with Crippen molar-refractivity contribution in [2.24, 2.45) is 0 Å².